The Bertz CT molecular complexity index is 299. The predicted octanol–water partition coefficient (Wildman–Crippen LogP) is 1.55. The third-order valence-corrected chi connectivity index (χ3v) is 4.39. The van der Waals surface area contributed by atoms with E-state index in [9.17, 15) is 4.79 Å². The van der Waals surface area contributed by atoms with E-state index in [0.29, 0.717) is 0 Å². The number of rotatable bonds is 4. The average molecular weight is 270 g/mol. The van der Waals surface area contributed by atoms with Crippen molar-refractivity contribution >= 4 is 6.03 Å². The molecule has 2 unspecified atom stereocenters. The monoisotopic (exact) mass is 270 g/mol. The fourth-order valence-corrected chi connectivity index (χ4v) is 3.21. The van der Waals surface area contributed by atoms with Gasteiger partial charge < -0.3 is 20.5 Å². The van der Waals surface area contributed by atoms with Crippen LogP contribution in [0, 0.1) is 0 Å². The van der Waals surface area contributed by atoms with E-state index in [0.717, 1.165) is 38.7 Å². The van der Waals surface area contributed by atoms with Gasteiger partial charge in [-0.1, -0.05) is 19.8 Å². The van der Waals surface area contributed by atoms with Crippen LogP contribution >= 0.6 is 0 Å². The van der Waals surface area contributed by atoms with Crippen LogP contribution < -0.4 is 10.6 Å². The molecule has 2 aliphatic rings. The van der Waals surface area contributed by atoms with Crippen molar-refractivity contribution in [2.45, 2.75) is 69.6 Å². The quantitative estimate of drug-likeness (QED) is 0.726. The summed E-state index contributed by atoms with van der Waals surface area (Å²) in [5.74, 6) is 0. The van der Waals surface area contributed by atoms with Gasteiger partial charge in [0.2, 0.25) is 0 Å². The van der Waals surface area contributed by atoms with Crippen molar-refractivity contribution in [2.24, 2.45) is 0 Å². The highest BCUT2D eigenvalue weighted by Crippen LogP contribution is 2.39. The van der Waals surface area contributed by atoms with Crippen molar-refractivity contribution < 1.29 is 14.6 Å². The summed E-state index contributed by atoms with van der Waals surface area (Å²) in [5, 5.41) is 14.9. The maximum Gasteiger partial charge on any atom is 0.315 e. The number of urea groups is 1. The zero-order valence-corrected chi connectivity index (χ0v) is 11.8. The van der Waals surface area contributed by atoms with Gasteiger partial charge in [0, 0.05) is 12.6 Å². The molecule has 1 saturated heterocycles. The summed E-state index contributed by atoms with van der Waals surface area (Å²) in [7, 11) is 0. The first kappa shape index (κ1) is 14.6. The van der Waals surface area contributed by atoms with Gasteiger partial charge in [0.05, 0.1) is 18.2 Å². The Morgan fingerprint density at radius 1 is 1.47 bits per heavy atom. The summed E-state index contributed by atoms with van der Waals surface area (Å²) >= 11 is 0. The molecule has 2 atom stereocenters. The molecule has 0 aromatic carbocycles. The second-order valence-electron chi connectivity index (χ2n) is 5.83. The van der Waals surface area contributed by atoms with Crippen molar-refractivity contribution in [3.05, 3.63) is 0 Å². The van der Waals surface area contributed by atoms with E-state index < -0.39 is 0 Å². The zero-order chi connectivity index (χ0) is 13.7. The Morgan fingerprint density at radius 2 is 2.21 bits per heavy atom. The third-order valence-electron chi connectivity index (χ3n) is 4.39. The normalized spacial score (nSPS) is 27.2. The lowest BCUT2D eigenvalue weighted by atomic mass is 9.89. The summed E-state index contributed by atoms with van der Waals surface area (Å²) in [6, 6.07) is -0.121. The summed E-state index contributed by atoms with van der Waals surface area (Å²) in [6.07, 6.45) is 7.27. The smallest absolute Gasteiger partial charge is 0.315 e. The number of ether oxygens (including phenoxy) is 1. The van der Waals surface area contributed by atoms with Crippen LogP contribution in [0.25, 0.3) is 0 Å². The highest BCUT2D eigenvalue weighted by molar-refractivity contribution is 5.74. The first-order valence-corrected chi connectivity index (χ1v) is 7.49. The lowest BCUT2D eigenvalue weighted by Gasteiger charge is -2.38. The number of aliphatic hydroxyl groups is 1. The molecular weight excluding hydrogens is 244 g/mol. The van der Waals surface area contributed by atoms with E-state index in [1.54, 1.807) is 0 Å². The van der Waals surface area contributed by atoms with Gasteiger partial charge in [0.1, 0.15) is 0 Å². The minimum atomic E-state index is -0.166. The Kier molecular flexibility index (Phi) is 5.05. The van der Waals surface area contributed by atoms with Gasteiger partial charge in [0.25, 0.3) is 0 Å². The maximum absolute atomic E-state index is 11.9. The predicted molar refractivity (Wildman–Crippen MR) is 73.0 cm³/mol. The Morgan fingerprint density at radius 3 is 2.84 bits per heavy atom. The number of carbonyl (C=O) groups excluding carboxylic acids is 1. The van der Waals surface area contributed by atoms with Crippen molar-refractivity contribution in [2.75, 3.05) is 13.2 Å². The van der Waals surface area contributed by atoms with Gasteiger partial charge >= 0.3 is 6.03 Å². The molecule has 0 aromatic rings. The van der Waals surface area contributed by atoms with Crippen LogP contribution in [0.3, 0.4) is 0 Å². The number of amides is 2. The van der Waals surface area contributed by atoms with Crippen molar-refractivity contribution in [3.8, 4) is 0 Å². The number of hydrogen-bond acceptors (Lipinski definition) is 3. The Hall–Kier alpha value is -0.810. The summed E-state index contributed by atoms with van der Waals surface area (Å²) in [6.45, 7) is 2.67. The van der Waals surface area contributed by atoms with Crippen LogP contribution in [0.2, 0.25) is 0 Å². The van der Waals surface area contributed by atoms with E-state index in [1.807, 2.05) is 6.92 Å². The second kappa shape index (κ2) is 6.57. The van der Waals surface area contributed by atoms with Crippen LogP contribution in [0.1, 0.15) is 51.9 Å². The largest absolute Gasteiger partial charge is 0.394 e. The van der Waals surface area contributed by atoms with Gasteiger partial charge in [-0.05, 0) is 32.1 Å². The molecule has 2 rings (SSSR count). The average Bonchev–Trinajstić information content (AvgIpc) is 2.84. The van der Waals surface area contributed by atoms with E-state index in [1.165, 1.54) is 12.8 Å². The van der Waals surface area contributed by atoms with E-state index >= 15 is 0 Å². The standard InChI is InChI=1S/C14H26N2O3/c1-2-11(10-17)15-13(18)16-12-5-8-19-14(9-12)6-3-4-7-14/h11-12,17H,2-10H2,1H3,(H2,15,16,18). The molecule has 2 amide bonds. The molecule has 2 fully saturated rings. The van der Waals surface area contributed by atoms with Crippen molar-refractivity contribution in [1.29, 1.82) is 0 Å². The molecule has 5 heteroatoms. The van der Waals surface area contributed by atoms with Crippen LogP contribution in [0.5, 0.6) is 0 Å². The first-order valence-electron chi connectivity index (χ1n) is 7.49. The lowest BCUT2D eigenvalue weighted by molar-refractivity contribution is -0.0820. The fourth-order valence-electron chi connectivity index (χ4n) is 3.21. The molecule has 1 spiro atoms. The number of hydrogen-bond donors (Lipinski definition) is 3. The molecule has 110 valence electrons. The van der Waals surface area contributed by atoms with Crippen LogP contribution in [0.4, 0.5) is 4.79 Å². The number of aliphatic hydroxyl groups excluding tert-OH is 1. The number of nitrogens with one attached hydrogen (secondary N) is 2. The topological polar surface area (TPSA) is 70.6 Å². The molecule has 1 aliphatic heterocycles. The first-order chi connectivity index (χ1) is 9.17. The Labute approximate surface area is 115 Å². The van der Waals surface area contributed by atoms with E-state index in [-0.39, 0.29) is 30.3 Å². The third kappa shape index (κ3) is 3.83. The highest BCUT2D eigenvalue weighted by atomic mass is 16.5. The summed E-state index contributed by atoms with van der Waals surface area (Å²) < 4.78 is 5.95. The zero-order valence-electron chi connectivity index (χ0n) is 11.8. The second-order valence-corrected chi connectivity index (χ2v) is 5.83. The van der Waals surface area contributed by atoms with Crippen molar-refractivity contribution in [3.63, 3.8) is 0 Å². The molecule has 1 saturated carbocycles. The number of carbonyl (C=O) groups is 1. The van der Waals surface area contributed by atoms with Gasteiger partial charge in [-0.2, -0.15) is 0 Å². The molecule has 0 bridgehead atoms. The molecule has 1 aliphatic carbocycles. The van der Waals surface area contributed by atoms with Crippen LogP contribution in [0.15, 0.2) is 0 Å². The van der Waals surface area contributed by atoms with Gasteiger partial charge in [-0.15, -0.1) is 0 Å². The summed E-state index contributed by atoms with van der Waals surface area (Å²) in [4.78, 5) is 11.9. The van der Waals surface area contributed by atoms with Crippen LogP contribution in [-0.4, -0.2) is 42.0 Å². The maximum atomic E-state index is 11.9. The molecule has 3 N–H and O–H groups in total. The van der Waals surface area contributed by atoms with E-state index in [4.69, 9.17) is 9.84 Å². The lowest BCUT2D eigenvalue weighted by Crippen LogP contribution is -2.52. The summed E-state index contributed by atoms with van der Waals surface area (Å²) in [5.41, 5.74) is 0.0251. The SMILES string of the molecule is CCC(CO)NC(=O)NC1CCOC2(CCCC2)C1. The van der Waals surface area contributed by atoms with E-state index in [2.05, 4.69) is 10.6 Å². The van der Waals surface area contributed by atoms with Crippen molar-refractivity contribution in [1.82, 2.24) is 10.6 Å². The molecular formula is C14H26N2O3. The molecule has 0 radical (unpaired) electrons. The minimum absolute atomic E-state index is 0.0123. The van der Waals surface area contributed by atoms with Gasteiger partial charge in [0.15, 0.2) is 0 Å². The molecule has 5 nitrogen and oxygen atoms in total. The van der Waals surface area contributed by atoms with Gasteiger partial charge in [-0.3, -0.25) is 0 Å². The Balaban J connectivity index is 1.80. The molecule has 1 heterocycles. The molecule has 19 heavy (non-hydrogen) atoms. The van der Waals surface area contributed by atoms with Crippen LogP contribution in [-0.2, 0) is 4.74 Å². The molecule has 0 aromatic heterocycles. The fraction of sp³-hybridized carbons (Fsp3) is 0.929. The minimum Gasteiger partial charge on any atom is -0.394 e. The van der Waals surface area contributed by atoms with Gasteiger partial charge in [-0.25, -0.2) is 4.79 Å². The highest BCUT2D eigenvalue weighted by Gasteiger charge is 2.40.